The van der Waals surface area contributed by atoms with Gasteiger partial charge >= 0.3 is 39.9 Å². The number of carboxylic acid groups (broad SMARTS) is 3. The van der Waals surface area contributed by atoms with Gasteiger partial charge in [0.05, 0.1) is 17.9 Å². The maximum Gasteiger partial charge on any atom is 3.00 e. The van der Waals surface area contributed by atoms with Crippen LogP contribution in [0.2, 0.25) is 0 Å². The largest absolute Gasteiger partial charge is 3.00 e. The quantitative estimate of drug-likeness (QED) is 0.349. The van der Waals surface area contributed by atoms with E-state index in [-0.39, 0.29) is 59.6 Å². The van der Waals surface area contributed by atoms with E-state index in [1.54, 1.807) is 14.7 Å². The number of nitrogens with zero attached hydrogens (tertiary/aromatic N) is 4. The van der Waals surface area contributed by atoms with Gasteiger partial charge in [0.1, 0.15) is 0 Å². The van der Waals surface area contributed by atoms with Crippen LogP contribution in [0.5, 0.6) is 0 Å². The summed E-state index contributed by atoms with van der Waals surface area (Å²) in [6.07, 6.45) is 0. The van der Waals surface area contributed by atoms with Crippen molar-refractivity contribution >= 4 is 17.9 Å². The van der Waals surface area contributed by atoms with Crippen molar-refractivity contribution in [3.63, 3.8) is 0 Å². The summed E-state index contributed by atoms with van der Waals surface area (Å²) in [6.45, 7) is 2.18. The number of carbonyl (C=O) groups excluding carboxylic acids is 3. The fraction of sp³-hybridized carbons (Fsp3) is 0.786. The molecule has 11 heteroatoms. The van der Waals surface area contributed by atoms with Gasteiger partial charge in [-0.15, -0.1) is 13.1 Å². The van der Waals surface area contributed by atoms with Crippen LogP contribution in [0.1, 0.15) is 0 Å². The average Bonchev–Trinajstić information content (AvgIpc) is 2.45. The molecule has 143 valence electrons. The molecule has 1 rings (SSSR count). The minimum absolute atomic E-state index is 0. The zero-order valence-corrected chi connectivity index (χ0v) is 16.1. The van der Waals surface area contributed by atoms with Gasteiger partial charge in [-0.2, -0.15) is 0 Å². The molecule has 1 aliphatic heterocycles. The van der Waals surface area contributed by atoms with Gasteiger partial charge in [0, 0.05) is 45.8 Å². The average molecular weight is 500 g/mol. The van der Waals surface area contributed by atoms with Gasteiger partial charge in [-0.3, -0.25) is 14.7 Å². The molecule has 0 N–H and O–H groups in total. The Balaban J connectivity index is 0.00000576. The van der Waals surface area contributed by atoms with Gasteiger partial charge in [0.25, 0.3) is 0 Å². The fourth-order valence-electron chi connectivity index (χ4n) is 2.46. The molecule has 0 aromatic rings. The van der Waals surface area contributed by atoms with E-state index in [0.29, 0.717) is 52.4 Å². The molecule has 1 saturated heterocycles. The minimum Gasteiger partial charge on any atom is -0.660 e. The van der Waals surface area contributed by atoms with E-state index in [1.807, 2.05) is 0 Å². The van der Waals surface area contributed by atoms with Gasteiger partial charge in [0.2, 0.25) is 0 Å². The molecule has 0 unspecified atom stereocenters. The van der Waals surface area contributed by atoms with Crippen molar-refractivity contribution in [3.05, 3.63) is 5.32 Å². The second kappa shape index (κ2) is 13.7. The molecule has 0 amide bonds. The van der Waals surface area contributed by atoms with E-state index >= 15 is 0 Å². The monoisotopic (exact) mass is 500 g/mol. The van der Waals surface area contributed by atoms with Gasteiger partial charge in [-0.25, -0.2) is 0 Å². The van der Waals surface area contributed by atoms with Crippen LogP contribution in [0.25, 0.3) is 5.32 Å². The van der Waals surface area contributed by atoms with Crippen LogP contribution >= 0.6 is 0 Å². The molecule has 0 aromatic heterocycles. The zero-order chi connectivity index (χ0) is 17.9. The van der Waals surface area contributed by atoms with Crippen molar-refractivity contribution in [2.75, 3.05) is 72.0 Å². The number of hydrogen-bond acceptors (Lipinski definition) is 9. The minimum atomic E-state index is -1.24. The maximum atomic E-state index is 10.9. The molecule has 25 heavy (non-hydrogen) atoms. The third kappa shape index (κ3) is 12.5. The Morgan fingerprint density at radius 2 is 0.920 bits per heavy atom. The van der Waals surface area contributed by atoms with Crippen LogP contribution in [-0.4, -0.2) is 105 Å². The summed E-state index contributed by atoms with van der Waals surface area (Å²) >= 11 is 0. The zero-order valence-electron chi connectivity index (χ0n) is 13.9. The molecule has 0 saturated carbocycles. The normalized spacial score (nSPS) is 19.2. The Hall–Kier alpha value is -0.425. The number of hydrogen-bond donors (Lipinski definition) is 0. The molecule has 0 aliphatic carbocycles. The van der Waals surface area contributed by atoms with Crippen LogP contribution in [-0.2, 0) is 14.4 Å². The number of aliphatic carboxylic acids is 3. The molecule has 10 nitrogen and oxygen atoms in total. The number of carbonyl (C=O) groups is 3. The summed E-state index contributed by atoms with van der Waals surface area (Å²) in [6, 6.07) is 0. The summed E-state index contributed by atoms with van der Waals surface area (Å²) in [7, 11) is 0. The molecule has 0 spiro atoms. The fourth-order valence-corrected chi connectivity index (χ4v) is 2.46. The van der Waals surface area contributed by atoms with E-state index < -0.39 is 17.9 Å². The molecule has 0 atom stereocenters. The Kier molecular flexibility index (Phi) is 13.5. The molecular formula is C14H22GdN4O6-. The Bertz CT molecular complexity index is 410. The Labute approximate surface area is 178 Å². The smallest absolute Gasteiger partial charge is 0.660 e. The van der Waals surface area contributed by atoms with Gasteiger partial charge in [-0.1, -0.05) is 0 Å². The first kappa shape index (κ1) is 24.6. The molecule has 1 heterocycles. The van der Waals surface area contributed by atoms with Crippen molar-refractivity contribution in [2.24, 2.45) is 0 Å². The Morgan fingerprint density at radius 3 is 1.20 bits per heavy atom. The van der Waals surface area contributed by atoms with Crippen molar-refractivity contribution in [1.82, 2.24) is 14.7 Å². The first-order valence-electron chi connectivity index (χ1n) is 7.76. The van der Waals surface area contributed by atoms with Crippen molar-refractivity contribution in [3.8, 4) is 0 Å². The van der Waals surface area contributed by atoms with Crippen molar-refractivity contribution in [2.45, 2.75) is 0 Å². The second-order valence-electron chi connectivity index (χ2n) is 5.62. The predicted molar refractivity (Wildman–Crippen MR) is 77.4 cm³/mol. The van der Waals surface area contributed by atoms with Crippen molar-refractivity contribution in [1.29, 1.82) is 0 Å². The van der Waals surface area contributed by atoms with Gasteiger partial charge in [-0.05, 0) is 13.1 Å². The number of carboxylic acids is 3. The summed E-state index contributed by atoms with van der Waals surface area (Å²) in [5.41, 5.74) is 0. The third-order valence-electron chi connectivity index (χ3n) is 3.67. The molecule has 0 aromatic carbocycles. The molecule has 1 aliphatic rings. The van der Waals surface area contributed by atoms with E-state index in [9.17, 15) is 29.7 Å². The number of rotatable bonds is 6. The standard InChI is InChI=1S/C14H25N4O6.Gd/c19-12(20)9-16-3-1-15-2-4-17(10-13(21)22)6-8-18(7-5-16)11-14(23)24;/h1-11H2,(H,19,20)(H,21,22)(H,23,24);/q-1;+3/p-3. The molecule has 1 fully saturated rings. The molecule has 0 bridgehead atoms. The third-order valence-corrected chi connectivity index (χ3v) is 3.67. The Morgan fingerprint density at radius 1 is 0.640 bits per heavy atom. The van der Waals surface area contributed by atoms with Gasteiger partial charge < -0.3 is 35.0 Å². The van der Waals surface area contributed by atoms with Crippen LogP contribution in [0.4, 0.5) is 0 Å². The summed E-state index contributed by atoms with van der Waals surface area (Å²) in [5, 5.41) is 36.7. The van der Waals surface area contributed by atoms with Crippen LogP contribution in [0.15, 0.2) is 0 Å². The first-order valence-corrected chi connectivity index (χ1v) is 7.76. The van der Waals surface area contributed by atoms with E-state index in [2.05, 4.69) is 5.32 Å². The molecular weight excluding hydrogens is 477 g/mol. The SMILES string of the molecule is O=C([O-])CN1CC[N-]CCN(CC(=O)[O-])CCN(CC(=O)[O-])CC1.[Gd+3]. The van der Waals surface area contributed by atoms with E-state index in [0.717, 1.165) is 0 Å². The summed E-state index contributed by atoms with van der Waals surface area (Å²) in [5.74, 6) is -3.64. The summed E-state index contributed by atoms with van der Waals surface area (Å²) in [4.78, 5) is 37.3. The summed E-state index contributed by atoms with van der Waals surface area (Å²) < 4.78 is 0. The second-order valence-corrected chi connectivity index (χ2v) is 5.62. The van der Waals surface area contributed by atoms with Crippen LogP contribution < -0.4 is 15.3 Å². The maximum absolute atomic E-state index is 10.9. The van der Waals surface area contributed by atoms with E-state index in [4.69, 9.17) is 0 Å². The predicted octanol–water partition coefficient (Wildman–Crippen LogP) is -5.47. The van der Waals surface area contributed by atoms with Gasteiger partial charge in [0.15, 0.2) is 0 Å². The van der Waals surface area contributed by atoms with Crippen LogP contribution in [0, 0.1) is 39.9 Å². The van der Waals surface area contributed by atoms with Crippen LogP contribution in [0.3, 0.4) is 0 Å². The first-order chi connectivity index (χ1) is 11.4. The molecule has 1 radical (unpaired) electrons. The van der Waals surface area contributed by atoms with E-state index in [1.165, 1.54) is 0 Å². The van der Waals surface area contributed by atoms with Crippen molar-refractivity contribution < 1.29 is 69.6 Å². The topological polar surface area (TPSA) is 144 Å².